The summed E-state index contributed by atoms with van der Waals surface area (Å²) >= 11 is 0. The molecule has 3 nitrogen and oxygen atoms in total. The van der Waals surface area contributed by atoms with Gasteiger partial charge in [-0.15, -0.1) is 0 Å². The maximum Gasteiger partial charge on any atom is 0.306 e. The Bertz CT molecular complexity index is 369. The van der Waals surface area contributed by atoms with Crippen LogP contribution in [0, 0.1) is 17.8 Å². The lowest BCUT2D eigenvalue weighted by molar-refractivity contribution is -0.141. The molecular formula is C16H25FO3. The van der Waals surface area contributed by atoms with Gasteiger partial charge in [-0.3, -0.25) is 4.79 Å². The minimum Gasteiger partial charge on any atom is -0.462 e. The molecule has 1 aliphatic carbocycles. The highest BCUT2D eigenvalue weighted by Gasteiger charge is 2.47. The van der Waals surface area contributed by atoms with E-state index in [1.807, 2.05) is 13.0 Å². The summed E-state index contributed by atoms with van der Waals surface area (Å²) in [4.78, 5) is 11.3. The molecule has 2 fully saturated rings. The zero-order valence-electron chi connectivity index (χ0n) is 12.3. The van der Waals surface area contributed by atoms with Crippen LogP contribution < -0.4 is 0 Å². The van der Waals surface area contributed by atoms with Gasteiger partial charge in [0.1, 0.15) is 18.4 Å². The molecule has 0 aromatic heterocycles. The quantitative estimate of drug-likeness (QED) is 0.602. The summed E-state index contributed by atoms with van der Waals surface area (Å²) in [6, 6.07) is 0. The Kier molecular flexibility index (Phi) is 5.19. The highest BCUT2D eigenvalue weighted by Crippen LogP contribution is 2.45. The fraction of sp³-hybridized carbons (Fsp3) is 0.812. The van der Waals surface area contributed by atoms with E-state index in [1.54, 1.807) is 6.08 Å². The molecule has 4 heteroatoms. The number of esters is 1. The lowest BCUT2D eigenvalue weighted by Gasteiger charge is -2.17. The summed E-state index contributed by atoms with van der Waals surface area (Å²) in [6.07, 6.45) is 4.71. The second-order valence-corrected chi connectivity index (χ2v) is 6.22. The molecule has 0 spiro atoms. The van der Waals surface area contributed by atoms with Crippen molar-refractivity contribution in [3.8, 4) is 0 Å². The molecule has 1 N–H and O–H groups in total. The van der Waals surface area contributed by atoms with Crippen LogP contribution >= 0.6 is 0 Å². The predicted octanol–water partition coefficient (Wildman–Crippen LogP) is 3.02. The second-order valence-electron chi connectivity index (χ2n) is 6.22. The van der Waals surface area contributed by atoms with Gasteiger partial charge < -0.3 is 9.84 Å². The van der Waals surface area contributed by atoms with Crippen molar-refractivity contribution in [2.24, 2.45) is 17.8 Å². The van der Waals surface area contributed by atoms with Crippen molar-refractivity contribution in [3.05, 3.63) is 12.2 Å². The van der Waals surface area contributed by atoms with Gasteiger partial charge in [-0.1, -0.05) is 38.8 Å². The summed E-state index contributed by atoms with van der Waals surface area (Å²) in [5.41, 5.74) is 0. The zero-order chi connectivity index (χ0) is 14.7. The van der Waals surface area contributed by atoms with Crippen molar-refractivity contribution in [1.29, 1.82) is 0 Å². The van der Waals surface area contributed by atoms with Gasteiger partial charge in [-0.05, 0) is 24.7 Å². The fourth-order valence-electron chi connectivity index (χ4n) is 3.45. The third-order valence-corrected chi connectivity index (χ3v) is 4.65. The number of allylic oxidation sites excluding steroid dienone is 1. The molecule has 114 valence electrons. The number of hydrogen-bond acceptors (Lipinski definition) is 3. The van der Waals surface area contributed by atoms with Crippen molar-refractivity contribution in [1.82, 2.24) is 0 Å². The minimum absolute atomic E-state index is 0.0190. The van der Waals surface area contributed by atoms with E-state index in [2.05, 4.69) is 6.92 Å². The van der Waals surface area contributed by atoms with Gasteiger partial charge in [0.15, 0.2) is 0 Å². The number of fused-ring (bicyclic) bond motifs is 1. The standard InChI is InChI=1S/C16H25FO3/c1-3-4-5-13(17)14(18)7-6-11-10(2)8-15-12(11)9-16(19)20-15/h6-7,10-15,18H,3-5,8-9H2,1-2H3/t10-,11+,12-,13?,14?,15-/m1/s1. The monoisotopic (exact) mass is 284 g/mol. The first-order valence-electron chi connectivity index (χ1n) is 7.72. The second kappa shape index (κ2) is 6.70. The van der Waals surface area contributed by atoms with Crippen LogP contribution in [0.2, 0.25) is 0 Å². The van der Waals surface area contributed by atoms with E-state index >= 15 is 0 Å². The normalized spacial score (nSPS) is 36.1. The summed E-state index contributed by atoms with van der Waals surface area (Å²) in [6.45, 7) is 4.13. The van der Waals surface area contributed by atoms with Gasteiger partial charge in [-0.25, -0.2) is 4.39 Å². The molecular weight excluding hydrogens is 259 g/mol. The molecule has 0 bridgehead atoms. The fourth-order valence-corrected chi connectivity index (χ4v) is 3.45. The average molecular weight is 284 g/mol. The van der Waals surface area contributed by atoms with Crippen molar-refractivity contribution in [2.75, 3.05) is 0 Å². The van der Waals surface area contributed by atoms with Crippen LogP contribution in [-0.4, -0.2) is 29.5 Å². The van der Waals surface area contributed by atoms with Crippen molar-refractivity contribution in [3.63, 3.8) is 0 Å². The Labute approximate surface area is 120 Å². The van der Waals surface area contributed by atoms with E-state index in [1.165, 1.54) is 0 Å². The summed E-state index contributed by atoms with van der Waals surface area (Å²) in [5.74, 6) is 0.696. The lowest BCUT2D eigenvalue weighted by atomic mass is 9.87. The van der Waals surface area contributed by atoms with Crippen LogP contribution in [0.25, 0.3) is 0 Å². The molecule has 1 saturated carbocycles. The van der Waals surface area contributed by atoms with Gasteiger partial charge in [0.05, 0.1) is 6.42 Å². The third kappa shape index (κ3) is 3.40. The molecule has 0 aromatic carbocycles. The number of carbonyl (C=O) groups is 1. The molecule has 2 rings (SSSR count). The molecule has 0 aromatic rings. The number of alkyl halides is 1. The summed E-state index contributed by atoms with van der Waals surface area (Å²) < 4.78 is 19.0. The summed E-state index contributed by atoms with van der Waals surface area (Å²) in [7, 11) is 0. The highest BCUT2D eigenvalue weighted by molar-refractivity contribution is 5.72. The highest BCUT2D eigenvalue weighted by atomic mass is 19.1. The Morgan fingerprint density at radius 1 is 1.55 bits per heavy atom. The number of unbranched alkanes of at least 4 members (excludes halogenated alkanes) is 1. The van der Waals surface area contributed by atoms with Gasteiger partial charge in [0.2, 0.25) is 0 Å². The van der Waals surface area contributed by atoms with E-state index in [4.69, 9.17) is 4.74 Å². The number of ether oxygens (including phenoxy) is 1. The summed E-state index contributed by atoms with van der Waals surface area (Å²) in [5, 5.41) is 9.82. The molecule has 2 unspecified atom stereocenters. The number of hydrogen-bond donors (Lipinski definition) is 1. The number of aliphatic hydroxyl groups is 1. The Morgan fingerprint density at radius 2 is 2.30 bits per heavy atom. The van der Waals surface area contributed by atoms with E-state index in [0.29, 0.717) is 18.8 Å². The van der Waals surface area contributed by atoms with E-state index in [-0.39, 0.29) is 23.9 Å². The maximum absolute atomic E-state index is 13.7. The van der Waals surface area contributed by atoms with Gasteiger partial charge >= 0.3 is 5.97 Å². The van der Waals surface area contributed by atoms with Crippen LogP contribution in [0.1, 0.15) is 46.0 Å². The zero-order valence-corrected chi connectivity index (χ0v) is 12.3. The number of halogens is 1. The lowest BCUT2D eigenvalue weighted by Crippen LogP contribution is -2.20. The number of rotatable bonds is 6. The van der Waals surface area contributed by atoms with Crippen LogP contribution in [0.3, 0.4) is 0 Å². The molecule has 2 aliphatic rings. The van der Waals surface area contributed by atoms with Crippen LogP contribution in [0.5, 0.6) is 0 Å². The Hall–Kier alpha value is -0.900. The van der Waals surface area contributed by atoms with Crippen molar-refractivity contribution in [2.45, 2.75) is 64.3 Å². The largest absolute Gasteiger partial charge is 0.462 e. The minimum atomic E-state index is -1.19. The van der Waals surface area contributed by atoms with Crippen molar-refractivity contribution < 1.29 is 19.0 Å². The molecule has 1 aliphatic heterocycles. The van der Waals surface area contributed by atoms with E-state index < -0.39 is 12.3 Å². The molecule has 1 saturated heterocycles. The van der Waals surface area contributed by atoms with E-state index in [9.17, 15) is 14.3 Å². The van der Waals surface area contributed by atoms with Crippen LogP contribution in [-0.2, 0) is 9.53 Å². The molecule has 6 atom stereocenters. The molecule has 20 heavy (non-hydrogen) atoms. The smallest absolute Gasteiger partial charge is 0.306 e. The van der Waals surface area contributed by atoms with Crippen LogP contribution in [0.4, 0.5) is 4.39 Å². The van der Waals surface area contributed by atoms with Gasteiger partial charge in [-0.2, -0.15) is 0 Å². The average Bonchev–Trinajstić information content (AvgIpc) is 2.88. The predicted molar refractivity (Wildman–Crippen MR) is 74.8 cm³/mol. The van der Waals surface area contributed by atoms with Crippen molar-refractivity contribution >= 4 is 5.97 Å². The maximum atomic E-state index is 13.7. The number of aliphatic hydroxyl groups excluding tert-OH is 1. The molecule has 0 amide bonds. The Morgan fingerprint density at radius 3 is 3.00 bits per heavy atom. The molecule has 1 heterocycles. The first kappa shape index (κ1) is 15.5. The Balaban J connectivity index is 1.91. The van der Waals surface area contributed by atoms with Crippen LogP contribution in [0.15, 0.2) is 12.2 Å². The first-order valence-corrected chi connectivity index (χ1v) is 7.72. The molecule has 0 radical (unpaired) electrons. The third-order valence-electron chi connectivity index (χ3n) is 4.65. The van der Waals surface area contributed by atoms with E-state index in [0.717, 1.165) is 19.3 Å². The first-order chi connectivity index (χ1) is 9.52. The van der Waals surface area contributed by atoms with Gasteiger partial charge in [0.25, 0.3) is 0 Å². The van der Waals surface area contributed by atoms with Gasteiger partial charge in [0, 0.05) is 5.92 Å². The topological polar surface area (TPSA) is 46.5 Å². The SMILES string of the molecule is CCCCC(F)C(O)C=C[C@@H]1[C@H]2CC(=O)O[C@@H]2C[C@H]1C. The number of carbonyl (C=O) groups excluding carboxylic acids is 1.